The molecule has 1 aliphatic carbocycles. The highest BCUT2D eigenvalue weighted by atomic mass is 16.7. The first-order chi connectivity index (χ1) is 9.13. The molecule has 1 heterocycles. The highest BCUT2D eigenvalue weighted by Gasteiger charge is 2.43. The lowest BCUT2D eigenvalue weighted by Gasteiger charge is -2.39. The fourth-order valence-electron chi connectivity index (χ4n) is 2.43. The fraction of sp³-hybridized carbons (Fsp3) is 0.846. The Hall–Kier alpha value is -0.500. The van der Waals surface area contributed by atoms with Gasteiger partial charge in [0.2, 0.25) is 0 Å². The number of hydrogen-bond donors (Lipinski definition) is 4. The Bertz CT molecular complexity index is 316. The zero-order valence-electron chi connectivity index (χ0n) is 10.8. The largest absolute Gasteiger partial charge is 0.394 e. The summed E-state index contributed by atoms with van der Waals surface area (Å²) in [6.45, 7) is -0.101. The van der Waals surface area contributed by atoms with Gasteiger partial charge >= 0.3 is 0 Å². The lowest BCUT2D eigenvalue weighted by Crippen LogP contribution is -2.59. The number of ether oxygens (including phenoxy) is 2. The molecule has 2 aliphatic rings. The molecule has 1 fully saturated rings. The topological polar surface area (TPSA) is 99.4 Å². The van der Waals surface area contributed by atoms with Gasteiger partial charge in [-0.05, 0) is 31.3 Å². The summed E-state index contributed by atoms with van der Waals surface area (Å²) in [7, 11) is 0. The van der Waals surface area contributed by atoms with E-state index in [0.717, 1.165) is 24.8 Å². The normalized spacial score (nSPS) is 40.0. The quantitative estimate of drug-likeness (QED) is 0.506. The van der Waals surface area contributed by atoms with Gasteiger partial charge in [-0.3, -0.25) is 0 Å². The molecule has 6 nitrogen and oxygen atoms in total. The van der Waals surface area contributed by atoms with Crippen molar-refractivity contribution < 1.29 is 29.9 Å². The standard InChI is InChI=1S/C13H22O6/c14-6-9-10(15)11(16)12(17)13(19-9)18-7-8-4-2-1-3-5-8/h4,9-17H,1-3,5-7H2/t9-,10-,11+,12-,13-/m1/s1. The van der Waals surface area contributed by atoms with Crippen LogP contribution >= 0.6 is 0 Å². The Balaban J connectivity index is 1.89. The number of rotatable bonds is 4. The van der Waals surface area contributed by atoms with E-state index in [2.05, 4.69) is 6.08 Å². The molecule has 0 aromatic rings. The Labute approximate surface area is 112 Å². The van der Waals surface area contributed by atoms with E-state index in [9.17, 15) is 15.3 Å². The SMILES string of the molecule is OC[C@H]1O[C@@H](OCC2=CCCCC2)[C@H](O)[C@@H](O)[C@@H]1O. The molecule has 0 spiro atoms. The van der Waals surface area contributed by atoms with Crippen LogP contribution in [0.15, 0.2) is 11.6 Å². The monoisotopic (exact) mass is 274 g/mol. The van der Waals surface area contributed by atoms with Gasteiger partial charge in [-0.1, -0.05) is 6.08 Å². The van der Waals surface area contributed by atoms with Crippen LogP contribution in [0.3, 0.4) is 0 Å². The van der Waals surface area contributed by atoms with Crippen LogP contribution in [-0.4, -0.2) is 64.3 Å². The molecule has 110 valence electrons. The third-order valence-corrected chi connectivity index (χ3v) is 3.67. The van der Waals surface area contributed by atoms with Crippen LogP contribution in [0.25, 0.3) is 0 Å². The van der Waals surface area contributed by atoms with Crippen LogP contribution in [-0.2, 0) is 9.47 Å². The van der Waals surface area contributed by atoms with Crippen LogP contribution in [0.1, 0.15) is 25.7 Å². The Morgan fingerprint density at radius 1 is 1.16 bits per heavy atom. The molecule has 1 aliphatic heterocycles. The maximum atomic E-state index is 9.79. The third-order valence-electron chi connectivity index (χ3n) is 3.67. The molecule has 0 unspecified atom stereocenters. The highest BCUT2D eigenvalue weighted by Crippen LogP contribution is 2.24. The maximum absolute atomic E-state index is 9.79. The second kappa shape index (κ2) is 6.78. The van der Waals surface area contributed by atoms with Crippen LogP contribution in [0, 0.1) is 0 Å². The van der Waals surface area contributed by atoms with E-state index < -0.39 is 37.3 Å². The van der Waals surface area contributed by atoms with Gasteiger partial charge in [-0.25, -0.2) is 0 Å². The molecule has 5 atom stereocenters. The minimum atomic E-state index is -1.38. The second-order valence-corrected chi connectivity index (χ2v) is 5.12. The summed E-state index contributed by atoms with van der Waals surface area (Å²) in [5.41, 5.74) is 1.16. The lowest BCUT2D eigenvalue weighted by atomic mass is 9.99. The van der Waals surface area contributed by atoms with E-state index in [1.165, 1.54) is 6.42 Å². The minimum Gasteiger partial charge on any atom is -0.394 e. The van der Waals surface area contributed by atoms with Gasteiger partial charge in [0.25, 0.3) is 0 Å². The van der Waals surface area contributed by atoms with Crippen LogP contribution in [0.5, 0.6) is 0 Å². The van der Waals surface area contributed by atoms with Gasteiger partial charge in [0.1, 0.15) is 24.4 Å². The van der Waals surface area contributed by atoms with Crippen molar-refractivity contribution in [3.63, 3.8) is 0 Å². The molecule has 0 radical (unpaired) electrons. The first-order valence-corrected chi connectivity index (χ1v) is 6.73. The molecule has 1 saturated heterocycles. The molecule has 0 bridgehead atoms. The second-order valence-electron chi connectivity index (χ2n) is 5.12. The van der Waals surface area contributed by atoms with Crippen molar-refractivity contribution in [3.8, 4) is 0 Å². The molecule has 0 aromatic carbocycles. The summed E-state index contributed by atoms with van der Waals surface area (Å²) in [5, 5.41) is 38.1. The van der Waals surface area contributed by atoms with Crippen molar-refractivity contribution in [2.75, 3.05) is 13.2 Å². The van der Waals surface area contributed by atoms with Gasteiger partial charge in [0.15, 0.2) is 6.29 Å². The van der Waals surface area contributed by atoms with Crippen molar-refractivity contribution in [2.45, 2.75) is 56.4 Å². The zero-order chi connectivity index (χ0) is 13.8. The highest BCUT2D eigenvalue weighted by molar-refractivity contribution is 5.05. The van der Waals surface area contributed by atoms with Crippen molar-refractivity contribution in [3.05, 3.63) is 11.6 Å². The average Bonchev–Trinajstić information content (AvgIpc) is 2.45. The van der Waals surface area contributed by atoms with E-state index in [1.807, 2.05) is 0 Å². The number of aliphatic hydroxyl groups is 4. The summed E-state index contributed by atoms with van der Waals surface area (Å²) in [6, 6.07) is 0. The van der Waals surface area contributed by atoms with E-state index in [-0.39, 0.29) is 0 Å². The summed E-state index contributed by atoms with van der Waals surface area (Å²) in [5.74, 6) is 0. The van der Waals surface area contributed by atoms with Crippen LogP contribution in [0.4, 0.5) is 0 Å². The molecule has 0 amide bonds. The van der Waals surface area contributed by atoms with E-state index >= 15 is 0 Å². The maximum Gasteiger partial charge on any atom is 0.187 e. The summed E-state index contributed by atoms with van der Waals surface area (Å²) in [6.07, 6.45) is 0.459. The van der Waals surface area contributed by atoms with Gasteiger partial charge in [-0.2, -0.15) is 0 Å². The molecule has 19 heavy (non-hydrogen) atoms. The van der Waals surface area contributed by atoms with E-state index in [1.54, 1.807) is 0 Å². The van der Waals surface area contributed by atoms with Crippen molar-refractivity contribution in [2.24, 2.45) is 0 Å². The Morgan fingerprint density at radius 3 is 2.58 bits per heavy atom. The molecule has 4 N–H and O–H groups in total. The fourth-order valence-corrected chi connectivity index (χ4v) is 2.43. The summed E-state index contributed by atoms with van der Waals surface area (Å²) >= 11 is 0. The molecule has 6 heteroatoms. The average molecular weight is 274 g/mol. The Morgan fingerprint density at radius 2 is 1.95 bits per heavy atom. The van der Waals surface area contributed by atoms with Gasteiger partial charge < -0.3 is 29.9 Å². The number of allylic oxidation sites excluding steroid dienone is 1. The molecular formula is C13H22O6. The predicted molar refractivity (Wildman–Crippen MR) is 66.3 cm³/mol. The zero-order valence-corrected chi connectivity index (χ0v) is 10.8. The van der Waals surface area contributed by atoms with Crippen molar-refractivity contribution in [1.82, 2.24) is 0 Å². The van der Waals surface area contributed by atoms with Gasteiger partial charge in [0.05, 0.1) is 13.2 Å². The van der Waals surface area contributed by atoms with Gasteiger partial charge in [-0.15, -0.1) is 0 Å². The first-order valence-electron chi connectivity index (χ1n) is 6.73. The molecule has 0 saturated carbocycles. The summed E-state index contributed by atoms with van der Waals surface area (Å²) in [4.78, 5) is 0. The predicted octanol–water partition coefficient (Wildman–Crippen LogP) is -0.697. The van der Waals surface area contributed by atoms with Gasteiger partial charge in [0, 0.05) is 0 Å². The van der Waals surface area contributed by atoms with Crippen molar-refractivity contribution >= 4 is 0 Å². The number of aliphatic hydroxyl groups excluding tert-OH is 4. The van der Waals surface area contributed by atoms with Crippen molar-refractivity contribution in [1.29, 1.82) is 0 Å². The smallest absolute Gasteiger partial charge is 0.187 e. The molecule has 2 rings (SSSR count). The lowest BCUT2D eigenvalue weighted by molar-refractivity contribution is -0.299. The van der Waals surface area contributed by atoms with Crippen LogP contribution in [0.2, 0.25) is 0 Å². The molecular weight excluding hydrogens is 252 g/mol. The summed E-state index contributed by atoms with van der Waals surface area (Å²) < 4.78 is 10.7. The molecule has 0 aromatic heterocycles. The minimum absolute atomic E-state index is 0.336. The van der Waals surface area contributed by atoms with E-state index in [4.69, 9.17) is 14.6 Å². The van der Waals surface area contributed by atoms with E-state index in [0.29, 0.717) is 6.61 Å². The Kier molecular flexibility index (Phi) is 5.32. The first kappa shape index (κ1) is 14.9. The number of hydrogen-bond acceptors (Lipinski definition) is 6. The third kappa shape index (κ3) is 3.53. The van der Waals surface area contributed by atoms with Crippen LogP contribution < -0.4 is 0 Å².